The zero-order valence-electron chi connectivity index (χ0n) is 19.4. The summed E-state index contributed by atoms with van der Waals surface area (Å²) in [6, 6.07) is 15.7. The van der Waals surface area contributed by atoms with Crippen LogP contribution in [0.3, 0.4) is 0 Å². The lowest BCUT2D eigenvalue weighted by molar-refractivity contribution is -0.138. The van der Waals surface area contributed by atoms with E-state index in [4.69, 9.17) is 14.6 Å². The Morgan fingerprint density at radius 3 is 2.35 bits per heavy atom. The highest BCUT2D eigenvalue weighted by Gasteiger charge is 2.47. The molecule has 3 atom stereocenters. The molecule has 0 radical (unpaired) electrons. The van der Waals surface area contributed by atoms with Crippen LogP contribution in [0.2, 0.25) is 0 Å². The largest absolute Gasteiger partial charge is 0.481 e. The lowest BCUT2D eigenvalue weighted by Gasteiger charge is -2.29. The average Bonchev–Trinajstić information content (AvgIpc) is 3.34. The molecule has 0 bridgehead atoms. The van der Waals surface area contributed by atoms with Gasteiger partial charge in [0.15, 0.2) is 0 Å². The van der Waals surface area contributed by atoms with Crippen LogP contribution < -0.4 is 10.6 Å². The number of amides is 2. The molecule has 180 valence electrons. The minimum absolute atomic E-state index is 0.0328. The molecule has 1 aliphatic heterocycles. The van der Waals surface area contributed by atoms with Crippen LogP contribution in [0, 0.1) is 11.3 Å². The summed E-state index contributed by atoms with van der Waals surface area (Å²) in [4.78, 5) is 36.4. The van der Waals surface area contributed by atoms with Crippen LogP contribution in [-0.4, -0.2) is 55.5 Å². The molecule has 1 saturated heterocycles. The maximum absolute atomic E-state index is 12.9. The third-order valence-electron chi connectivity index (χ3n) is 6.74. The Balaban J connectivity index is 1.36. The first-order chi connectivity index (χ1) is 16.3. The highest BCUT2D eigenvalue weighted by Crippen LogP contribution is 2.44. The van der Waals surface area contributed by atoms with Crippen molar-refractivity contribution >= 4 is 18.0 Å². The molecule has 8 heteroatoms. The topological polar surface area (TPSA) is 114 Å². The summed E-state index contributed by atoms with van der Waals surface area (Å²) in [5.74, 6) is -1.46. The van der Waals surface area contributed by atoms with E-state index >= 15 is 0 Å². The molecule has 3 unspecified atom stereocenters. The van der Waals surface area contributed by atoms with E-state index in [-0.39, 0.29) is 50.5 Å². The first kappa shape index (κ1) is 23.8. The first-order valence-corrected chi connectivity index (χ1v) is 11.5. The number of carboxylic acids is 1. The summed E-state index contributed by atoms with van der Waals surface area (Å²) in [6.07, 6.45) is -0.634. The van der Waals surface area contributed by atoms with Crippen molar-refractivity contribution in [2.75, 3.05) is 26.4 Å². The van der Waals surface area contributed by atoms with Gasteiger partial charge in [0.05, 0.1) is 24.7 Å². The van der Waals surface area contributed by atoms with Gasteiger partial charge >= 0.3 is 12.1 Å². The Labute approximate surface area is 198 Å². The van der Waals surface area contributed by atoms with E-state index in [2.05, 4.69) is 34.9 Å². The standard InChI is InChI=1S/C26H30N2O6/c1-16(11-23(29)30)12-27-24(31)26(2)15-33-14-22(26)28-25(32)34-13-21-19-9-5-3-7-17(19)18-8-4-6-10-20(18)21/h3-10,16,21-22H,11-15H2,1-2H3,(H,27,31)(H,28,32)(H,29,30). The van der Waals surface area contributed by atoms with Crippen LogP contribution in [0.25, 0.3) is 11.1 Å². The van der Waals surface area contributed by atoms with Gasteiger partial charge in [0.25, 0.3) is 0 Å². The Morgan fingerprint density at radius 1 is 1.12 bits per heavy atom. The molecule has 4 rings (SSSR count). The highest BCUT2D eigenvalue weighted by molar-refractivity contribution is 5.84. The van der Waals surface area contributed by atoms with Gasteiger partial charge < -0.3 is 25.2 Å². The number of benzene rings is 2. The van der Waals surface area contributed by atoms with E-state index in [9.17, 15) is 14.4 Å². The quantitative estimate of drug-likeness (QED) is 0.551. The van der Waals surface area contributed by atoms with Gasteiger partial charge in [0.1, 0.15) is 6.61 Å². The van der Waals surface area contributed by atoms with E-state index in [0.29, 0.717) is 0 Å². The van der Waals surface area contributed by atoms with E-state index in [0.717, 1.165) is 22.3 Å². The third kappa shape index (κ3) is 4.77. The van der Waals surface area contributed by atoms with Crippen molar-refractivity contribution in [1.29, 1.82) is 0 Å². The maximum Gasteiger partial charge on any atom is 0.407 e. The van der Waals surface area contributed by atoms with Gasteiger partial charge in [-0.05, 0) is 35.1 Å². The van der Waals surface area contributed by atoms with Gasteiger partial charge in [-0.2, -0.15) is 0 Å². The van der Waals surface area contributed by atoms with Gasteiger partial charge in [-0.3, -0.25) is 9.59 Å². The van der Waals surface area contributed by atoms with Crippen LogP contribution in [0.15, 0.2) is 48.5 Å². The first-order valence-electron chi connectivity index (χ1n) is 11.5. The summed E-state index contributed by atoms with van der Waals surface area (Å²) in [7, 11) is 0. The van der Waals surface area contributed by atoms with Crippen LogP contribution in [0.5, 0.6) is 0 Å². The SMILES string of the molecule is CC(CNC(=O)C1(C)COCC1NC(=O)OCC1c2ccccc2-c2ccccc21)CC(=O)O. The van der Waals surface area contributed by atoms with Crippen molar-refractivity contribution < 1.29 is 29.0 Å². The van der Waals surface area contributed by atoms with E-state index in [1.807, 2.05) is 24.3 Å². The molecule has 8 nitrogen and oxygen atoms in total. The molecule has 34 heavy (non-hydrogen) atoms. The number of ether oxygens (including phenoxy) is 2. The molecule has 1 heterocycles. The number of carbonyl (C=O) groups excluding carboxylic acids is 2. The lowest BCUT2D eigenvalue weighted by Crippen LogP contribution is -2.54. The van der Waals surface area contributed by atoms with Crippen molar-refractivity contribution in [2.24, 2.45) is 11.3 Å². The lowest BCUT2D eigenvalue weighted by atomic mass is 9.84. The number of nitrogens with one attached hydrogen (secondary N) is 2. The molecule has 1 aliphatic carbocycles. The zero-order chi connectivity index (χ0) is 24.3. The van der Waals surface area contributed by atoms with Crippen molar-refractivity contribution in [2.45, 2.75) is 32.2 Å². The van der Waals surface area contributed by atoms with Crippen molar-refractivity contribution in [3.05, 3.63) is 59.7 Å². The smallest absolute Gasteiger partial charge is 0.407 e. The molecule has 2 aromatic carbocycles. The van der Waals surface area contributed by atoms with Gasteiger partial charge in [-0.1, -0.05) is 55.5 Å². The highest BCUT2D eigenvalue weighted by atomic mass is 16.5. The van der Waals surface area contributed by atoms with Crippen LogP contribution in [0.4, 0.5) is 4.79 Å². The maximum atomic E-state index is 12.9. The molecule has 2 aliphatic rings. The van der Waals surface area contributed by atoms with E-state index in [1.165, 1.54) is 0 Å². The number of hydrogen-bond donors (Lipinski definition) is 3. The molecular formula is C26H30N2O6. The number of alkyl carbamates (subject to hydrolysis) is 1. The monoisotopic (exact) mass is 466 g/mol. The average molecular weight is 467 g/mol. The third-order valence-corrected chi connectivity index (χ3v) is 6.74. The summed E-state index contributed by atoms with van der Waals surface area (Å²) in [6.45, 7) is 4.25. The number of aliphatic carboxylic acids is 1. The Morgan fingerprint density at radius 2 is 1.74 bits per heavy atom. The molecule has 0 saturated carbocycles. The van der Waals surface area contributed by atoms with Gasteiger partial charge in [0.2, 0.25) is 5.91 Å². The van der Waals surface area contributed by atoms with Crippen molar-refractivity contribution in [3.8, 4) is 11.1 Å². The second kappa shape index (κ2) is 9.85. The fourth-order valence-corrected chi connectivity index (χ4v) is 4.72. The molecule has 0 spiro atoms. The fourth-order valence-electron chi connectivity index (χ4n) is 4.72. The number of carbonyl (C=O) groups is 3. The summed E-state index contributed by atoms with van der Waals surface area (Å²) >= 11 is 0. The summed E-state index contributed by atoms with van der Waals surface area (Å²) < 4.78 is 11.1. The molecule has 2 aromatic rings. The van der Waals surface area contributed by atoms with Gasteiger partial charge in [0, 0.05) is 18.9 Å². The minimum atomic E-state index is -0.978. The molecule has 3 N–H and O–H groups in total. The number of fused-ring (bicyclic) bond motifs is 3. The second-order valence-corrected chi connectivity index (χ2v) is 9.37. The van der Waals surface area contributed by atoms with E-state index < -0.39 is 23.5 Å². The zero-order valence-corrected chi connectivity index (χ0v) is 19.4. The number of rotatable bonds is 8. The Kier molecular flexibility index (Phi) is 6.88. The van der Waals surface area contributed by atoms with Crippen molar-refractivity contribution in [3.63, 3.8) is 0 Å². The molecule has 2 amide bonds. The summed E-state index contributed by atoms with van der Waals surface area (Å²) in [5.41, 5.74) is 3.57. The van der Waals surface area contributed by atoms with Gasteiger partial charge in [-0.25, -0.2) is 4.79 Å². The number of carboxylic acid groups (broad SMARTS) is 1. The minimum Gasteiger partial charge on any atom is -0.481 e. The van der Waals surface area contributed by atoms with Crippen LogP contribution in [-0.2, 0) is 19.1 Å². The number of hydrogen-bond acceptors (Lipinski definition) is 5. The van der Waals surface area contributed by atoms with Crippen molar-refractivity contribution in [1.82, 2.24) is 10.6 Å². The van der Waals surface area contributed by atoms with Gasteiger partial charge in [-0.15, -0.1) is 0 Å². The fraction of sp³-hybridized carbons (Fsp3) is 0.423. The predicted octanol–water partition coefficient (Wildman–Crippen LogP) is 3.16. The molecular weight excluding hydrogens is 436 g/mol. The Bertz CT molecular complexity index is 1040. The Hall–Kier alpha value is -3.39. The molecule has 0 aromatic heterocycles. The predicted molar refractivity (Wildman–Crippen MR) is 125 cm³/mol. The molecule has 1 fully saturated rings. The van der Waals surface area contributed by atoms with Crippen LogP contribution >= 0.6 is 0 Å². The summed E-state index contributed by atoms with van der Waals surface area (Å²) in [5, 5.41) is 14.5. The second-order valence-electron chi connectivity index (χ2n) is 9.37. The van der Waals surface area contributed by atoms with Crippen LogP contribution in [0.1, 0.15) is 37.3 Å². The van der Waals surface area contributed by atoms with E-state index in [1.54, 1.807) is 13.8 Å². The normalized spacial score (nSPS) is 21.9.